The fraction of sp³-hybridized carbons (Fsp3) is 0.412. The van der Waals surface area contributed by atoms with E-state index in [4.69, 9.17) is 10.1 Å². The smallest absolute Gasteiger partial charge is 0.259 e. The summed E-state index contributed by atoms with van der Waals surface area (Å²) in [6.07, 6.45) is 2.73. The predicted molar refractivity (Wildman–Crippen MR) is 86.1 cm³/mol. The van der Waals surface area contributed by atoms with Crippen molar-refractivity contribution in [2.75, 3.05) is 20.3 Å². The molecule has 0 saturated carbocycles. The Morgan fingerprint density at radius 2 is 2.14 bits per heavy atom. The minimum absolute atomic E-state index is 0.0123. The van der Waals surface area contributed by atoms with Crippen molar-refractivity contribution in [3.8, 4) is 0 Å². The molecular weight excluding hydrogens is 280 g/mol. The molecule has 0 aliphatic carbocycles. The number of nitrogens with one attached hydrogen (secondary N) is 1. The van der Waals surface area contributed by atoms with E-state index < -0.39 is 0 Å². The molecule has 0 radical (unpaired) electrons. The van der Waals surface area contributed by atoms with Gasteiger partial charge in [0.25, 0.3) is 5.91 Å². The molecule has 118 valence electrons. The Hall–Kier alpha value is -2.14. The van der Waals surface area contributed by atoms with Crippen molar-refractivity contribution < 1.29 is 14.6 Å². The summed E-state index contributed by atoms with van der Waals surface area (Å²) in [5.74, 6) is -0.462. The fourth-order valence-electron chi connectivity index (χ4n) is 2.72. The molecular formula is C17H22N2O3. The van der Waals surface area contributed by atoms with Crippen molar-refractivity contribution in [3.05, 3.63) is 41.0 Å². The number of amides is 1. The number of hydrogen-bond donors (Lipinski definition) is 2. The third-order valence-corrected chi connectivity index (χ3v) is 3.95. The highest BCUT2D eigenvalue weighted by Crippen LogP contribution is 2.23. The zero-order valence-corrected chi connectivity index (χ0v) is 13.0. The van der Waals surface area contributed by atoms with E-state index in [9.17, 15) is 9.90 Å². The van der Waals surface area contributed by atoms with E-state index in [0.29, 0.717) is 18.7 Å². The molecule has 0 spiro atoms. The number of likely N-dealkylation sites (tertiary alicyclic amines) is 1. The summed E-state index contributed by atoms with van der Waals surface area (Å²) >= 11 is 0. The van der Waals surface area contributed by atoms with Gasteiger partial charge in [0, 0.05) is 25.4 Å². The Labute approximate surface area is 130 Å². The molecule has 2 rings (SSSR count). The number of carbonyl (C=O) groups is 1. The lowest BCUT2D eigenvalue weighted by molar-refractivity contribution is -0.128. The maximum Gasteiger partial charge on any atom is 0.259 e. The average Bonchev–Trinajstić information content (AvgIpc) is 2.97. The lowest BCUT2D eigenvalue weighted by Gasteiger charge is -2.24. The van der Waals surface area contributed by atoms with Crippen LogP contribution in [0.1, 0.15) is 24.0 Å². The van der Waals surface area contributed by atoms with Crippen molar-refractivity contribution in [2.45, 2.75) is 25.8 Å². The Kier molecular flexibility index (Phi) is 5.33. The molecule has 1 aromatic carbocycles. The highest BCUT2D eigenvalue weighted by atomic mass is 16.5. The SMILES string of the molecule is COC[C@H]1CCCN1C(=O)/C(C=N)=C(/O)c1ccc(C)cc1. The molecule has 0 unspecified atom stereocenters. The Bertz CT molecular complexity index is 578. The molecule has 1 fully saturated rings. The van der Waals surface area contributed by atoms with Gasteiger partial charge in [-0.25, -0.2) is 0 Å². The van der Waals surface area contributed by atoms with Crippen LogP contribution in [-0.4, -0.2) is 48.4 Å². The number of aryl methyl sites for hydroxylation is 1. The monoisotopic (exact) mass is 302 g/mol. The highest BCUT2D eigenvalue weighted by molar-refractivity contribution is 6.16. The summed E-state index contributed by atoms with van der Waals surface area (Å²) in [7, 11) is 1.61. The van der Waals surface area contributed by atoms with Crippen LogP contribution in [0.15, 0.2) is 29.8 Å². The predicted octanol–water partition coefficient (Wildman–Crippen LogP) is 2.55. The molecule has 1 atom stereocenters. The van der Waals surface area contributed by atoms with Gasteiger partial charge in [0.05, 0.1) is 18.2 Å². The van der Waals surface area contributed by atoms with Crippen molar-refractivity contribution in [1.82, 2.24) is 4.90 Å². The van der Waals surface area contributed by atoms with E-state index in [1.807, 2.05) is 19.1 Å². The van der Waals surface area contributed by atoms with Gasteiger partial charge in [0.1, 0.15) is 5.76 Å². The van der Waals surface area contributed by atoms with E-state index in [-0.39, 0.29) is 23.3 Å². The van der Waals surface area contributed by atoms with E-state index in [0.717, 1.165) is 24.6 Å². The van der Waals surface area contributed by atoms with Gasteiger partial charge in [-0.3, -0.25) is 4.79 Å². The molecule has 5 nitrogen and oxygen atoms in total. The third-order valence-electron chi connectivity index (χ3n) is 3.95. The molecule has 1 saturated heterocycles. The quantitative estimate of drug-likeness (QED) is 0.499. The Morgan fingerprint density at radius 3 is 2.73 bits per heavy atom. The molecule has 1 amide bonds. The molecule has 5 heteroatoms. The molecule has 0 bridgehead atoms. The first-order valence-electron chi connectivity index (χ1n) is 7.39. The van der Waals surface area contributed by atoms with Gasteiger partial charge < -0.3 is 20.2 Å². The summed E-state index contributed by atoms with van der Waals surface area (Å²) in [4.78, 5) is 14.3. The van der Waals surface area contributed by atoms with Crippen LogP contribution in [-0.2, 0) is 9.53 Å². The standard InChI is InChI=1S/C17H22N2O3/c1-12-5-7-13(8-6-12)16(20)15(10-18)17(21)19-9-3-4-14(19)11-22-2/h5-8,10,14,18,20H,3-4,9,11H2,1-2H3/b16-15+,18-10?/t14-/m1/s1. The summed E-state index contributed by atoms with van der Waals surface area (Å²) < 4.78 is 5.15. The maximum absolute atomic E-state index is 12.6. The average molecular weight is 302 g/mol. The van der Waals surface area contributed by atoms with Crippen molar-refractivity contribution in [1.29, 1.82) is 5.41 Å². The van der Waals surface area contributed by atoms with Gasteiger partial charge in [0.2, 0.25) is 0 Å². The van der Waals surface area contributed by atoms with E-state index in [1.54, 1.807) is 24.1 Å². The molecule has 1 aliphatic heterocycles. The summed E-state index contributed by atoms with van der Waals surface area (Å²) in [6.45, 7) is 3.06. The lowest BCUT2D eigenvalue weighted by atomic mass is 10.1. The zero-order chi connectivity index (χ0) is 16.1. The van der Waals surface area contributed by atoms with Crippen LogP contribution in [0.2, 0.25) is 0 Å². The van der Waals surface area contributed by atoms with Crippen molar-refractivity contribution >= 4 is 17.9 Å². The number of ether oxygens (including phenoxy) is 1. The second-order valence-electron chi connectivity index (χ2n) is 5.52. The van der Waals surface area contributed by atoms with Crippen LogP contribution in [0, 0.1) is 12.3 Å². The van der Waals surface area contributed by atoms with Gasteiger partial charge >= 0.3 is 0 Å². The first-order valence-corrected chi connectivity index (χ1v) is 7.39. The normalized spacial score (nSPS) is 19.0. The summed E-state index contributed by atoms with van der Waals surface area (Å²) in [6, 6.07) is 7.23. The van der Waals surface area contributed by atoms with Gasteiger partial charge in [-0.2, -0.15) is 0 Å². The number of carbonyl (C=O) groups excluding carboxylic acids is 1. The number of aliphatic hydroxyl groups excluding tert-OH is 1. The zero-order valence-electron chi connectivity index (χ0n) is 13.0. The van der Waals surface area contributed by atoms with Gasteiger partial charge in [0.15, 0.2) is 0 Å². The van der Waals surface area contributed by atoms with E-state index >= 15 is 0 Å². The van der Waals surface area contributed by atoms with Crippen molar-refractivity contribution in [3.63, 3.8) is 0 Å². The van der Waals surface area contributed by atoms with Crippen molar-refractivity contribution in [2.24, 2.45) is 0 Å². The van der Waals surface area contributed by atoms with Crippen LogP contribution in [0.5, 0.6) is 0 Å². The highest BCUT2D eigenvalue weighted by Gasteiger charge is 2.31. The lowest BCUT2D eigenvalue weighted by Crippen LogP contribution is -2.39. The number of aliphatic hydroxyl groups is 1. The fourth-order valence-corrected chi connectivity index (χ4v) is 2.72. The maximum atomic E-state index is 12.6. The molecule has 1 aliphatic rings. The van der Waals surface area contributed by atoms with Gasteiger partial charge in [-0.05, 0) is 19.8 Å². The Balaban J connectivity index is 2.29. The minimum Gasteiger partial charge on any atom is -0.506 e. The van der Waals surface area contributed by atoms with Gasteiger partial charge in [-0.1, -0.05) is 29.8 Å². The molecule has 1 aromatic rings. The summed E-state index contributed by atoms with van der Waals surface area (Å²) in [5, 5.41) is 17.9. The van der Waals surface area contributed by atoms with Crippen LogP contribution >= 0.6 is 0 Å². The number of benzene rings is 1. The number of methoxy groups -OCH3 is 1. The second-order valence-corrected chi connectivity index (χ2v) is 5.52. The van der Waals surface area contributed by atoms with Crippen LogP contribution < -0.4 is 0 Å². The third kappa shape index (κ3) is 3.36. The van der Waals surface area contributed by atoms with Crippen LogP contribution in [0.4, 0.5) is 0 Å². The minimum atomic E-state index is -0.312. The van der Waals surface area contributed by atoms with E-state index in [2.05, 4.69) is 0 Å². The van der Waals surface area contributed by atoms with Crippen LogP contribution in [0.3, 0.4) is 0 Å². The second kappa shape index (κ2) is 7.22. The van der Waals surface area contributed by atoms with E-state index in [1.165, 1.54) is 0 Å². The first-order chi connectivity index (χ1) is 10.6. The number of hydrogen-bond acceptors (Lipinski definition) is 4. The number of rotatable bonds is 5. The molecule has 0 aromatic heterocycles. The molecule has 1 heterocycles. The van der Waals surface area contributed by atoms with Crippen LogP contribution in [0.25, 0.3) is 5.76 Å². The number of nitrogens with zero attached hydrogens (tertiary/aromatic N) is 1. The Morgan fingerprint density at radius 1 is 1.45 bits per heavy atom. The molecule has 22 heavy (non-hydrogen) atoms. The topological polar surface area (TPSA) is 73.6 Å². The summed E-state index contributed by atoms with van der Waals surface area (Å²) in [5.41, 5.74) is 1.63. The first kappa shape index (κ1) is 16.2. The molecule has 2 N–H and O–H groups in total. The van der Waals surface area contributed by atoms with Gasteiger partial charge in [-0.15, -0.1) is 0 Å². The largest absolute Gasteiger partial charge is 0.506 e.